The lowest BCUT2D eigenvalue weighted by Gasteiger charge is -2.06. The SMILES string of the molecule is O=S(=O)(NCc1ccncc1)c1ccc(CO)cn1. The van der Waals surface area contributed by atoms with Crippen molar-refractivity contribution in [3.63, 3.8) is 0 Å². The topological polar surface area (TPSA) is 92.2 Å². The van der Waals surface area contributed by atoms with Crippen molar-refractivity contribution in [2.75, 3.05) is 0 Å². The van der Waals surface area contributed by atoms with Crippen molar-refractivity contribution in [3.05, 3.63) is 54.0 Å². The van der Waals surface area contributed by atoms with Crippen molar-refractivity contribution in [3.8, 4) is 0 Å². The van der Waals surface area contributed by atoms with Crippen molar-refractivity contribution < 1.29 is 13.5 Å². The van der Waals surface area contributed by atoms with E-state index in [-0.39, 0.29) is 18.2 Å². The summed E-state index contributed by atoms with van der Waals surface area (Å²) in [5.41, 5.74) is 1.37. The molecule has 2 aromatic rings. The maximum Gasteiger partial charge on any atom is 0.258 e. The Hall–Kier alpha value is -1.83. The minimum Gasteiger partial charge on any atom is -0.392 e. The van der Waals surface area contributed by atoms with E-state index in [0.29, 0.717) is 5.56 Å². The molecule has 0 fully saturated rings. The predicted molar refractivity (Wildman–Crippen MR) is 68.4 cm³/mol. The van der Waals surface area contributed by atoms with Gasteiger partial charge in [0.15, 0.2) is 5.03 Å². The summed E-state index contributed by atoms with van der Waals surface area (Å²) in [6, 6.07) is 6.34. The van der Waals surface area contributed by atoms with E-state index in [1.807, 2.05) is 0 Å². The molecule has 0 unspecified atom stereocenters. The van der Waals surface area contributed by atoms with Crippen molar-refractivity contribution in [1.29, 1.82) is 0 Å². The largest absolute Gasteiger partial charge is 0.392 e. The van der Waals surface area contributed by atoms with E-state index >= 15 is 0 Å². The molecule has 0 saturated carbocycles. The quantitative estimate of drug-likeness (QED) is 0.829. The Morgan fingerprint density at radius 2 is 1.84 bits per heavy atom. The van der Waals surface area contributed by atoms with E-state index in [2.05, 4.69) is 14.7 Å². The van der Waals surface area contributed by atoms with Gasteiger partial charge in [-0.1, -0.05) is 6.07 Å². The van der Waals surface area contributed by atoms with E-state index in [1.54, 1.807) is 24.5 Å². The Labute approximate surface area is 111 Å². The summed E-state index contributed by atoms with van der Waals surface area (Å²) >= 11 is 0. The lowest BCUT2D eigenvalue weighted by atomic mass is 10.3. The normalized spacial score (nSPS) is 11.4. The molecule has 0 aromatic carbocycles. The van der Waals surface area contributed by atoms with E-state index in [9.17, 15) is 8.42 Å². The van der Waals surface area contributed by atoms with Crippen LogP contribution in [0.1, 0.15) is 11.1 Å². The molecule has 2 rings (SSSR count). The molecule has 2 heterocycles. The van der Waals surface area contributed by atoms with E-state index in [1.165, 1.54) is 18.3 Å². The fourth-order valence-electron chi connectivity index (χ4n) is 1.42. The van der Waals surface area contributed by atoms with Crippen LogP contribution < -0.4 is 4.72 Å². The summed E-state index contributed by atoms with van der Waals surface area (Å²) in [5, 5.41) is 8.80. The number of sulfonamides is 1. The summed E-state index contributed by atoms with van der Waals surface area (Å²) < 4.78 is 26.4. The zero-order chi connectivity index (χ0) is 13.7. The van der Waals surface area contributed by atoms with Gasteiger partial charge in [0.2, 0.25) is 0 Å². The van der Waals surface area contributed by atoms with E-state index in [4.69, 9.17) is 5.11 Å². The summed E-state index contributed by atoms with van der Waals surface area (Å²) in [7, 11) is -3.65. The van der Waals surface area contributed by atoms with Gasteiger partial charge in [0.05, 0.1) is 6.61 Å². The standard InChI is InChI=1S/C12H13N3O3S/c16-9-11-1-2-12(14-7-11)19(17,18)15-8-10-3-5-13-6-4-10/h1-7,15-16H,8-9H2. The van der Waals surface area contributed by atoms with Gasteiger partial charge in [-0.3, -0.25) is 4.98 Å². The highest BCUT2D eigenvalue weighted by molar-refractivity contribution is 7.89. The highest BCUT2D eigenvalue weighted by Gasteiger charge is 2.14. The smallest absolute Gasteiger partial charge is 0.258 e. The third kappa shape index (κ3) is 3.57. The third-order valence-electron chi connectivity index (χ3n) is 2.47. The highest BCUT2D eigenvalue weighted by Crippen LogP contribution is 2.07. The molecule has 6 nitrogen and oxygen atoms in total. The average Bonchev–Trinajstić information content (AvgIpc) is 2.46. The molecule has 0 spiro atoms. The molecule has 19 heavy (non-hydrogen) atoms. The fourth-order valence-corrected chi connectivity index (χ4v) is 2.36. The molecule has 0 saturated heterocycles. The van der Waals surface area contributed by atoms with Gasteiger partial charge in [-0.15, -0.1) is 0 Å². The molecule has 100 valence electrons. The number of hydrogen-bond donors (Lipinski definition) is 2. The molecule has 0 aliphatic rings. The van der Waals surface area contributed by atoms with Crippen LogP contribution in [0.2, 0.25) is 0 Å². The number of rotatable bonds is 5. The van der Waals surface area contributed by atoms with E-state index < -0.39 is 10.0 Å². The molecule has 2 N–H and O–H groups in total. The van der Waals surface area contributed by atoms with Crippen molar-refractivity contribution in [1.82, 2.24) is 14.7 Å². The molecule has 0 aliphatic heterocycles. The first-order valence-corrected chi connectivity index (χ1v) is 7.04. The monoisotopic (exact) mass is 279 g/mol. The van der Waals surface area contributed by atoms with E-state index in [0.717, 1.165) is 5.56 Å². The minimum atomic E-state index is -3.65. The Bertz CT molecular complexity index is 627. The van der Waals surface area contributed by atoms with Crippen molar-refractivity contribution >= 4 is 10.0 Å². The summed E-state index contributed by atoms with van der Waals surface area (Å²) in [6.07, 6.45) is 4.52. The first-order chi connectivity index (χ1) is 9.12. The molecule has 0 aliphatic carbocycles. The van der Waals surface area contributed by atoms with Crippen LogP contribution in [0.4, 0.5) is 0 Å². The third-order valence-corrected chi connectivity index (χ3v) is 3.79. The van der Waals surface area contributed by atoms with Crippen LogP contribution in [-0.2, 0) is 23.2 Å². The number of aliphatic hydroxyl groups excluding tert-OH is 1. The lowest BCUT2D eigenvalue weighted by molar-refractivity contribution is 0.281. The van der Waals surface area contributed by atoms with Crippen LogP contribution >= 0.6 is 0 Å². The summed E-state index contributed by atoms with van der Waals surface area (Å²) in [5.74, 6) is 0. The summed E-state index contributed by atoms with van der Waals surface area (Å²) in [4.78, 5) is 7.66. The number of pyridine rings is 2. The predicted octanol–water partition coefficient (Wildman–Crippen LogP) is 0.447. The van der Waals surface area contributed by atoms with Gasteiger partial charge in [-0.25, -0.2) is 18.1 Å². The van der Waals surface area contributed by atoms with Gasteiger partial charge in [0.25, 0.3) is 10.0 Å². The molecule has 0 bridgehead atoms. The van der Waals surface area contributed by atoms with Gasteiger partial charge in [-0.2, -0.15) is 0 Å². The van der Waals surface area contributed by atoms with Gasteiger partial charge in [-0.05, 0) is 29.3 Å². The Balaban J connectivity index is 2.09. The highest BCUT2D eigenvalue weighted by atomic mass is 32.2. The Kier molecular flexibility index (Phi) is 4.20. The Morgan fingerprint density at radius 3 is 2.42 bits per heavy atom. The molecule has 7 heteroatoms. The maximum absolute atomic E-state index is 12.0. The molecular weight excluding hydrogens is 266 g/mol. The first-order valence-electron chi connectivity index (χ1n) is 5.56. The van der Waals surface area contributed by atoms with Crippen LogP contribution in [0.25, 0.3) is 0 Å². The van der Waals surface area contributed by atoms with Crippen LogP contribution in [0, 0.1) is 0 Å². The fraction of sp³-hybridized carbons (Fsp3) is 0.167. The number of nitrogens with zero attached hydrogens (tertiary/aromatic N) is 2. The molecule has 0 radical (unpaired) electrons. The second-order valence-electron chi connectivity index (χ2n) is 3.84. The zero-order valence-corrected chi connectivity index (χ0v) is 10.8. The van der Waals surface area contributed by atoms with Crippen LogP contribution in [0.15, 0.2) is 47.9 Å². The first kappa shape index (κ1) is 13.6. The Morgan fingerprint density at radius 1 is 1.11 bits per heavy atom. The van der Waals surface area contributed by atoms with Crippen molar-refractivity contribution in [2.45, 2.75) is 18.2 Å². The van der Waals surface area contributed by atoms with Crippen LogP contribution in [-0.4, -0.2) is 23.5 Å². The van der Waals surface area contributed by atoms with Crippen LogP contribution in [0.3, 0.4) is 0 Å². The number of hydrogen-bond acceptors (Lipinski definition) is 5. The van der Waals surface area contributed by atoms with Gasteiger partial charge in [0.1, 0.15) is 0 Å². The molecule has 0 atom stereocenters. The molecule has 0 amide bonds. The summed E-state index contributed by atoms with van der Waals surface area (Å²) in [6.45, 7) is 0.00601. The average molecular weight is 279 g/mol. The minimum absolute atomic E-state index is 0.0706. The second-order valence-corrected chi connectivity index (χ2v) is 5.56. The molecule has 2 aromatic heterocycles. The van der Waals surface area contributed by atoms with Gasteiger partial charge >= 0.3 is 0 Å². The maximum atomic E-state index is 12.0. The zero-order valence-electron chi connectivity index (χ0n) is 10.0. The molecular formula is C12H13N3O3S. The lowest BCUT2D eigenvalue weighted by Crippen LogP contribution is -2.24. The van der Waals surface area contributed by atoms with Gasteiger partial charge in [0, 0.05) is 25.1 Å². The number of nitrogens with one attached hydrogen (secondary N) is 1. The van der Waals surface area contributed by atoms with Crippen molar-refractivity contribution in [2.24, 2.45) is 0 Å². The van der Waals surface area contributed by atoms with Crippen LogP contribution in [0.5, 0.6) is 0 Å². The number of aliphatic hydroxyl groups is 1. The van der Waals surface area contributed by atoms with Gasteiger partial charge < -0.3 is 5.11 Å². The number of aromatic nitrogens is 2. The second kappa shape index (κ2) is 5.87.